The Kier molecular flexibility index (Phi) is 2.57. The van der Waals surface area contributed by atoms with E-state index in [0.29, 0.717) is 0 Å². The number of rotatable bonds is 1. The molecule has 3 rings (SSSR count). The van der Waals surface area contributed by atoms with Gasteiger partial charge >= 0.3 is 0 Å². The van der Waals surface area contributed by atoms with Crippen LogP contribution in [0.2, 0.25) is 0 Å². The number of benzene rings is 1. The van der Waals surface area contributed by atoms with Crippen LogP contribution in [0.25, 0.3) is 10.9 Å². The van der Waals surface area contributed by atoms with Gasteiger partial charge in [-0.05, 0) is 23.6 Å². The number of aromatic nitrogens is 1. The van der Waals surface area contributed by atoms with E-state index in [2.05, 4.69) is 10.3 Å². The Hall–Kier alpha value is -1.81. The Morgan fingerprint density at radius 1 is 1.24 bits per heavy atom. The van der Waals surface area contributed by atoms with Gasteiger partial charge in [-0.3, -0.25) is 4.79 Å². The van der Waals surface area contributed by atoms with Crippen molar-refractivity contribution in [2.24, 2.45) is 0 Å². The van der Waals surface area contributed by atoms with E-state index >= 15 is 0 Å². The highest BCUT2D eigenvalue weighted by molar-refractivity contribution is 5.97. The van der Waals surface area contributed by atoms with Gasteiger partial charge in [0.25, 0.3) is 5.91 Å². The maximum atomic E-state index is 12.3. The zero-order valence-electron chi connectivity index (χ0n) is 9.65. The van der Waals surface area contributed by atoms with Crippen LogP contribution in [0.3, 0.4) is 0 Å². The number of nitrogens with zero attached hydrogens (tertiary/aromatic N) is 1. The highest BCUT2D eigenvalue weighted by atomic mass is 16.2. The predicted octanol–water partition coefficient (Wildman–Crippen LogP) is 0.187. The van der Waals surface area contributed by atoms with Crippen molar-refractivity contribution < 1.29 is 10.1 Å². The van der Waals surface area contributed by atoms with Gasteiger partial charge in [0.15, 0.2) is 0 Å². The molecule has 4 heteroatoms. The van der Waals surface area contributed by atoms with Crippen LogP contribution >= 0.6 is 0 Å². The molecule has 1 aliphatic heterocycles. The molecule has 17 heavy (non-hydrogen) atoms. The minimum Gasteiger partial charge on any atom is -0.361 e. The van der Waals surface area contributed by atoms with Gasteiger partial charge in [0, 0.05) is 17.3 Å². The quantitative estimate of drug-likeness (QED) is 0.722. The minimum atomic E-state index is 0.148. The smallest absolute Gasteiger partial charge is 0.254 e. The lowest BCUT2D eigenvalue weighted by atomic mass is 10.1. The Bertz CT molecular complexity index is 540. The lowest BCUT2D eigenvalue weighted by Gasteiger charge is -2.25. The maximum Gasteiger partial charge on any atom is 0.254 e. The summed E-state index contributed by atoms with van der Waals surface area (Å²) in [4.78, 5) is 17.3. The first-order chi connectivity index (χ1) is 8.34. The van der Waals surface area contributed by atoms with E-state index < -0.39 is 0 Å². The van der Waals surface area contributed by atoms with Crippen LogP contribution in [0.4, 0.5) is 0 Å². The molecule has 2 heterocycles. The summed E-state index contributed by atoms with van der Waals surface area (Å²) in [6.07, 6.45) is 1.90. The minimum absolute atomic E-state index is 0.148. The number of piperazine rings is 1. The van der Waals surface area contributed by atoms with Crippen LogP contribution in [0.5, 0.6) is 0 Å². The third kappa shape index (κ3) is 1.91. The molecule has 1 aromatic heterocycles. The number of amides is 1. The average molecular weight is 230 g/mol. The molecule has 0 radical (unpaired) electrons. The number of carbonyl (C=O) groups is 1. The second kappa shape index (κ2) is 4.22. The van der Waals surface area contributed by atoms with Gasteiger partial charge in [-0.1, -0.05) is 6.07 Å². The van der Waals surface area contributed by atoms with Crippen LogP contribution in [-0.4, -0.2) is 42.0 Å². The van der Waals surface area contributed by atoms with Gasteiger partial charge in [0.1, 0.15) is 0 Å². The van der Waals surface area contributed by atoms with Crippen LogP contribution in [-0.2, 0) is 0 Å². The van der Waals surface area contributed by atoms with E-state index in [1.807, 2.05) is 35.4 Å². The molecule has 1 amide bonds. The molecule has 0 saturated carbocycles. The Balaban J connectivity index is 1.88. The molecular formula is C13H16N3O+. The molecule has 0 spiro atoms. The highest BCUT2D eigenvalue weighted by Crippen LogP contribution is 2.15. The molecule has 88 valence electrons. The third-order valence-electron chi connectivity index (χ3n) is 3.30. The largest absolute Gasteiger partial charge is 0.361 e. The zero-order valence-corrected chi connectivity index (χ0v) is 9.65. The number of quaternary nitrogens is 1. The highest BCUT2D eigenvalue weighted by Gasteiger charge is 2.19. The second-order valence-corrected chi connectivity index (χ2v) is 4.44. The van der Waals surface area contributed by atoms with Gasteiger partial charge in [-0.15, -0.1) is 0 Å². The fourth-order valence-corrected chi connectivity index (χ4v) is 2.32. The summed E-state index contributed by atoms with van der Waals surface area (Å²) in [6.45, 7) is 3.72. The van der Waals surface area contributed by atoms with Crippen molar-refractivity contribution in [3.05, 3.63) is 36.0 Å². The lowest BCUT2D eigenvalue weighted by molar-refractivity contribution is -0.661. The van der Waals surface area contributed by atoms with Crippen LogP contribution in [0.15, 0.2) is 30.5 Å². The zero-order chi connectivity index (χ0) is 11.7. The summed E-state index contributed by atoms with van der Waals surface area (Å²) in [6, 6.07) is 7.86. The molecule has 1 aromatic carbocycles. The summed E-state index contributed by atoms with van der Waals surface area (Å²) in [5, 5.41) is 3.39. The Morgan fingerprint density at radius 2 is 2.06 bits per heavy atom. The van der Waals surface area contributed by atoms with Crippen molar-refractivity contribution in [1.29, 1.82) is 0 Å². The number of fused-ring (bicyclic) bond motifs is 1. The first-order valence-electron chi connectivity index (χ1n) is 6.03. The van der Waals surface area contributed by atoms with E-state index in [1.54, 1.807) is 0 Å². The van der Waals surface area contributed by atoms with E-state index in [-0.39, 0.29) is 5.91 Å². The Morgan fingerprint density at radius 3 is 2.88 bits per heavy atom. The van der Waals surface area contributed by atoms with Gasteiger partial charge in [-0.25, -0.2) is 0 Å². The van der Waals surface area contributed by atoms with Crippen LogP contribution in [0.1, 0.15) is 10.4 Å². The topological polar surface area (TPSA) is 52.7 Å². The number of hydrogen-bond acceptors (Lipinski definition) is 1. The molecule has 1 aliphatic rings. The van der Waals surface area contributed by atoms with Crippen molar-refractivity contribution in [3.63, 3.8) is 0 Å². The van der Waals surface area contributed by atoms with Crippen molar-refractivity contribution in [1.82, 2.24) is 9.88 Å². The summed E-state index contributed by atoms with van der Waals surface area (Å²) in [5.41, 5.74) is 1.81. The summed E-state index contributed by atoms with van der Waals surface area (Å²) >= 11 is 0. The molecule has 2 aromatic rings. The number of H-pyrrole nitrogens is 1. The molecule has 4 nitrogen and oxygen atoms in total. The fourth-order valence-electron chi connectivity index (χ4n) is 2.32. The summed E-state index contributed by atoms with van der Waals surface area (Å²) in [5.74, 6) is 0.148. The molecule has 1 saturated heterocycles. The number of carbonyl (C=O) groups excluding carboxylic acids is 1. The molecule has 1 fully saturated rings. The van der Waals surface area contributed by atoms with Gasteiger partial charge in [0.2, 0.25) is 0 Å². The normalized spacial score (nSPS) is 16.4. The molecular weight excluding hydrogens is 214 g/mol. The van der Waals surface area contributed by atoms with Gasteiger partial charge in [-0.2, -0.15) is 0 Å². The molecule has 0 unspecified atom stereocenters. The number of aromatic amines is 1. The standard InChI is InChI=1S/C13H15N3O/c17-13(16-7-5-14-6-8-16)11-2-1-10-3-4-15-12(10)9-11/h1-4,9,14-15H,5-8H2/p+1. The number of hydrogen-bond donors (Lipinski definition) is 2. The molecule has 0 atom stereocenters. The van der Waals surface area contributed by atoms with Crippen molar-refractivity contribution in [2.45, 2.75) is 0 Å². The first-order valence-corrected chi connectivity index (χ1v) is 6.03. The Labute approximate surface area is 99.6 Å². The molecule has 0 aliphatic carbocycles. The SMILES string of the molecule is O=C(c1ccc2cc[nH]c2c1)N1CC[NH2+]CC1. The number of nitrogens with one attached hydrogen (secondary N) is 1. The maximum absolute atomic E-state index is 12.3. The fraction of sp³-hybridized carbons (Fsp3) is 0.308. The summed E-state index contributed by atoms with van der Waals surface area (Å²) in [7, 11) is 0. The van der Waals surface area contributed by atoms with Crippen LogP contribution < -0.4 is 5.32 Å². The summed E-state index contributed by atoms with van der Waals surface area (Å²) < 4.78 is 0. The van der Waals surface area contributed by atoms with E-state index in [4.69, 9.17) is 0 Å². The second-order valence-electron chi connectivity index (χ2n) is 4.44. The monoisotopic (exact) mass is 230 g/mol. The van der Waals surface area contributed by atoms with Gasteiger partial charge < -0.3 is 15.2 Å². The number of nitrogens with two attached hydrogens (primary N) is 1. The average Bonchev–Trinajstić information content (AvgIpc) is 2.86. The predicted molar refractivity (Wildman–Crippen MR) is 65.9 cm³/mol. The third-order valence-corrected chi connectivity index (χ3v) is 3.30. The van der Waals surface area contributed by atoms with Crippen molar-refractivity contribution in [3.8, 4) is 0 Å². The molecule has 0 bridgehead atoms. The first kappa shape index (κ1) is 10.4. The van der Waals surface area contributed by atoms with Crippen molar-refractivity contribution in [2.75, 3.05) is 26.2 Å². The van der Waals surface area contributed by atoms with Crippen molar-refractivity contribution >= 4 is 16.8 Å². The lowest BCUT2D eigenvalue weighted by Crippen LogP contribution is -2.89. The van der Waals surface area contributed by atoms with Gasteiger partial charge in [0.05, 0.1) is 26.2 Å². The van der Waals surface area contributed by atoms with E-state index in [1.165, 1.54) is 0 Å². The van der Waals surface area contributed by atoms with E-state index in [9.17, 15) is 4.79 Å². The van der Waals surface area contributed by atoms with E-state index in [0.717, 1.165) is 42.6 Å². The van der Waals surface area contributed by atoms with Crippen LogP contribution in [0, 0.1) is 0 Å². The molecule has 3 N–H and O–H groups in total.